The first-order chi connectivity index (χ1) is 5.16. The van der Waals surface area contributed by atoms with Gasteiger partial charge in [0.2, 0.25) is 0 Å². The van der Waals surface area contributed by atoms with Gasteiger partial charge in [-0.3, -0.25) is 0 Å². The van der Waals surface area contributed by atoms with Crippen LogP contribution in [0.5, 0.6) is 5.75 Å². The van der Waals surface area contributed by atoms with Gasteiger partial charge in [-0.1, -0.05) is 18.5 Å². The molecule has 0 radical (unpaired) electrons. The normalized spacial score (nSPS) is 10.1. The van der Waals surface area contributed by atoms with E-state index in [1.165, 1.54) is 12.1 Å². The SMILES string of the molecule is CCc1c(O)ccc(Cl)c1F. The van der Waals surface area contributed by atoms with Gasteiger partial charge in [0.15, 0.2) is 0 Å². The molecule has 1 nitrogen and oxygen atoms in total. The molecule has 0 fully saturated rings. The lowest BCUT2D eigenvalue weighted by atomic mass is 10.1. The number of hydrogen-bond donors (Lipinski definition) is 1. The molecule has 1 aromatic rings. The van der Waals surface area contributed by atoms with E-state index in [1.807, 2.05) is 0 Å². The van der Waals surface area contributed by atoms with Crippen molar-refractivity contribution in [3.05, 3.63) is 28.5 Å². The van der Waals surface area contributed by atoms with Crippen LogP contribution in [0.15, 0.2) is 12.1 Å². The molecule has 1 rings (SSSR count). The van der Waals surface area contributed by atoms with Crippen molar-refractivity contribution >= 4 is 11.6 Å². The third-order valence-electron chi connectivity index (χ3n) is 1.52. The van der Waals surface area contributed by atoms with E-state index >= 15 is 0 Å². The summed E-state index contributed by atoms with van der Waals surface area (Å²) in [5.41, 5.74) is 0.275. The molecule has 11 heavy (non-hydrogen) atoms. The zero-order valence-electron chi connectivity index (χ0n) is 6.06. The number of phenols is 1. The smallest absolute Gasteiger partial charge is 0.148 e. The Hall–Kier alpha value is -0.760. The van der Waals surface area contributed by atoms with E-state index in [0.29, 0.717) is 6.42 Å². The van der Waals surface area contributed by atoms with Crippen molar-refractivity contribution in [2.75, 3.05) is 0 Å². The second-order valence-corrected chi connectivity index (χ2v) is 2.62. The monoisotopic (exact) mass is 174 g/mol. The lowest BCUT2D eigenvalue weighted by Gasteiger charge is -2.03. The fraction of sp³-hybridized carbons (Fsp3) is 0.250. The van der Waals surface area contributed by atoms with Crippen LogP contribution in [0.2, 0.25) is 5.02 Å². The maximum Gasteiger partial charge on any atom is 0.148 e. The number of halogens is 2. The summed E-state index contributed by atoms with van der Waals surface area (Å²) >= 11 is 5.48. The van der Waals surface area contributed by atoms with Crippen molar-refractivity contribution < 1.29 is 9.50 Å². The third kappa shape index (κ3) is 1.46. The average Bonchev–Trinajstić information content (AvgIpc) is 1.99. The lowest BCUT2D eigenvalue weighted by molar-refractivity contribution is 0.460. The average molecular weight is 175 g/mol. The van der Waals surface area contributed by atoms with Crippen molar-refractivity contribution in [1.82, 2.24) is 0 Å². The second-order valence-electron chi connectivity index (χ2n) is 2.21. The van der Waals surface area contributed by atoms with Crippen LogP contribution in [0.25, 0.3) is 0 Å². The first-order valence-electron chi connectivity index (χ1n) is 3.32. The predicted octanol–water partition coefficient (Wildman–Crippen LogP) is 2.75. The molecule has 0 aliphatic carbocycles. The maximum absolute atomic E-state index is 13.0. The Labute approximate surface area is 69.4 Å². The molecule has 0 spiro atoms. The van der Waals surface area contributed by atoms with Gasteiger partial charge in [-0.25, -0.2) is 4.39 Å². The summed E-state index contributed by atoms with van der Waals surface area (Å²) in [6.45, 7) is 1.76. The second kappa shape index (κ2) is 3.09. The molecule has 0 amide bonds. The minimum Gasteiger partial charge on any atom is -0.508 e. The highest BCUT2D eigenvalue weighted by molar-refractivity contribution is 6.30. The molecule has 0 aliphatic heterocycles. The maximum atomic E-state index is 13.0. The Morgan fingerprint density at radius 3 is 2.64 bits per heavy atom. The Balaban J connectivity index is 3.29. The number of benzene rings is 1. The van der Waals surface area contributed by atoms with Gasteiger partial charge >= 0.3 is 0 Å². The topological polar surface area (TPSA) is 20.2 Å². The molecule has 0 saturated heterocycles. The zero-order valence-corrected chi connectivity index (χ0v) is 6.82. The first kappa shape index (κ1) is 8.34. The van der Waals surface area contributed by atoms with Crippen LogP contribution in [0.1, 0.15) is 12.5 Å². The molecule has 0 atom stereocenters. The van der Waals surface area contributed by atoms with Crippen LogP contribution in [0, 0.1) is 5.82 Å². The highest BCUT2D eigenvalue weighted by Gasteiger charge is 2.08. The summed E-state index contributed by atoms with van der Waals surface area (Å²) in [5.74, 6) is -0.552. The fourth-order valence-electron chi connectivity index (χ4n) is 0.919. The Bertz CT molecular complexity index is 273. The summed E-state index contributed by atoms with van der Waals surface area (Å²) in [7, 11) is 0. The Morgan fingerprint density at radius 1 is 1.55 bits per heavy atom. The van der Waals surface area contributed by atoms with Gasteiger partial charge in [-0.05, 0) is 18.6 Å². The molecule has 60 valence electrons. The highest BCUT2D eigenvalue weighted by atomic mass is 35.5. The van der Waals surface area contributed by atoms with Crippen LogP contribution in [-0.4, -0.2) is 5.11 Å². The molecule has 0 aromatic heterocycles. The van der Waals surface area contributed by atoms with Crippen molar-refractivity contribution in [3.63, 3.8) is 0 Å². The van der Waals surface area contributed by atoms with E-state index in [0.717, 1.165) is 0 Å². The number of hydrogen-bond acceptors (Lipinski definition) is 1. The van der Waals surface area contributed by atoms with E-state index in [9.17, 15) is 4.39 Å². The Kier molecular flexibility index (Phi) is 2.35. The minimum atomic E-state index is -0.519. The van der Waals surface area contributed by atoms with Crippen LogP contribution in [0.4, 0.5) is 4.39 Å². The third-order valence-corrected chi connectivity index (χ3v) is 1.82. The van der Waals surface area contributed by atoms with Gasteiger partial charge in [-0.2, -0.15) is 0 Å². The summed E-state index contributed by atoms with van der Waals surface area (Å²) < 4.78 is 13.0. The zero-order chi connectivity index (χ0) is 8.43. The van der Waals surface area contributed by atoms with Gasteiger partial charge in [0.25, 0.3) is 0 Å². The molecule has 0 saturated carbocycles. The van der Waals surface area contributed by atoms with Crippen molar-refractivity contribution in [3.8, 4) is 5.75 Å². The molecular formula is C8H8ClFO. The molecule has 0 heterocycles. The van der Waals surface area contributed by atoms with Gasteiger partial charge in [0, 0.05) is 5.56 Å². The fourth-order valence-corrected chi connectivity index (χ4v) is 1.10. The van der Waals surface area contributed by atoms with Gasteiger partial charge in [0.05, 0.1) is 5.02 Å². The van der Waals surface area contributed by atoms with Crippen LogP contribution >= 0.6 is 11.6 Å². The summed E-state index contributed by atoms with van der Waals surface area (Å²) in [4.78, 5) is 0. The van der Waals surface area contributed by atoms with Gasteiger partial charge < -0.3 is 5.11 Å². The first-order valence-corrected chi connectivity index (χ1v) is 3.70. The number of aromatic hydroxyl groups is 1. The van der Waals surface area contributed by atoms with E-state index in [4.69, 9.17) is 16.7 Å². The molecule has 0 unspecified atom stereocenters. The Morgan fingerprint density at radius 2 is 2.18 bits per heavy atom. The summed E-state index contributed by atoms with van der Waals surface area (Å²) in [6.07, 6.45) is 0.443. The van der Waals surface area contributed by atoms with Crippen molar-refractivity contribution in [2.45, 2.75) is 13.3 Å². The summed E-state index contributed by atoms with van der Waals surface area (Å²) in [5, 5.41) is 9.17. The molecule has 1 aromatic carbocycles. The molecule has 0 aliphatic rings. The van der Waals surface area contributed by atoms with E-state index in [-0.39, 0.29) is 16.3 Å². The molecule has 0 bridgehead atoms. The van der Waals surface area contributed by atoms with Crippen LogP contribution in [-0.2, 0) is 6.42 Å². The van der Waals surface area contributed by atoms with E-state index in [2.05, 4.69) is 0 Å². The largest absolute Gasteiger partial charge is 0.508 e. The lowest BCUT2D eigenvalue weighted by Crippen LogP contribution is -1.88. The van der Waals surface area contributed by atoms with E-state index in [1.54, 1.807) is 6.92 Å². The van der Waals surface area contributed by atoms with Crippen LogP contribution in [0.3, 0.4) is 0 Å². The highest BCUT2D eigenvalue weighted by Crippen LogP contribution is 2.26. The predicted molar refractivity (Wildman–Crippen MR) is 42.5 cm³/mol. The standard InChI is InChI=1S/C8H8ClFO/c1-2-5-7(11)4-3-6(9)8(5)10/h3-4,11H,2H2,1H3. The van der Waals surface area contributed by atoms with E-state index < -0.39 is 5.82 Å². The molecular weight excluding hydrogens is 167 g/mol. The quantitative estimate of drug-likeness (QED) is 0.694. The van der Waals surface area contributed by atoms with Crippen molar-refractivity contribution in [2.24, 2.45) is 0 Å². The number of phenolic OH excluding ortho intramolecular Hbond substituents is 1. The molecule has 3 heteroatoms. The molecule has 1 N–H and O–H groups in total. The van der Waals surface area contributed by atoms with Crippen molar-refractivity contribution in [1.29, 1.82) is 0 Å². The van der Waals surface area contributed by atoms with Crippen LogP contribution < -0.4 is 0 Å². The van der Waals surface area contributed by atoms with Gasteiger partial charge in [-0.15, -0.1) is 0 Å². The van der Waals surface area contributed by atoms with Gasteiger partial charge in [0.1, 0.15) is 11.6 Å². The number of rotatable bonds is 1. The minimum absolute atomic E-state index is 0.0330. The summed E-state index contributed by atoms with van der Waals surface area (Å²) in [6, 6.07) is 2.73.